The molecule has 2 aromatic rings. The number of benzene rings is 1. The summed E-state index contributed by atoms with van der Waals surface area (Å²) in [6.07, 6.45) is 2.11. The lowest BCUT2D eigenvalue weighted by Gasteiger charge is -2.01. The van der Waals surface area contributed by atoms with Gasteiger partial charge in [0.2, 0.25) is 0 Å². The van der Waals surface area contributed by atoms with Crippen LogP contribution in [-0.4, -0.2) is 11.5 Å². The minimum atomic E-state index is 0.770. The van der Waals surface area contributed by atoms with E-state index < -0.39 is 0 Å². The van der Waals surface area contributed by atoms with E-state index in [1.54, 1.807) is 11.3 Å². The van der Waals surface area contributed by atoms with Gasteiger partial charge in [-0.1, -0.05) is 43.6 Å². The second-order valence-corrected chi connectivity index (χ2v) is 5.89. The zero-order valence-corrected chi connectivity index (χ0v) is 12.9. The second-order valence-electron chi connectivity index (χ2n) is 4.40. The Labute approximate surface area is 123 Å². The van der Waals surface area contributed by atoms with Gasteiger partial charge in [-0.25, -0.2) is 4.98 Å². The molecule has 1 N–H and O–H groups in total. The zero-order chi connectivity index (χ0) is 13.7. The van der Waals surface area contributed by atoms with E-state index >= 15 is 0 Å². The van der Waals surface area contributed by atoms with E-state index in [0.717, 1.165) is 41.5 Å². The Kier molecular flexibility index (Phi) is 5.37. The average molecular weight is 295 g/mol. The van der Waals surface area contributed by atoms with Crippen LogP contribution in [-0.2, 0) is 13.0 Å². The highest BCUT2D eigenvalue weighted by Crippen LogP contribution is 2.33. The van der Waals surface area contributed by atoms with Crippen molar-refractivity contribution in [1.29, 1.82) is 0 Å². The van der Waals surface area contributed by atoms with Crippen molar-refractivity contribution >= 4 is 22.9 Å². The van der Waals surface area contributed by atoms with E-state index in [0.29, 0.717) is 0 Å². The molecule has 1 aromatic carbocycles. The third kappa shape index (κ3) is 3.56. The summed E-state index contributed by atoms with van der Waals surface area (Å²) in [5.74, 6) is 0. The van der Waals surface area contributed by atoms with E-state index in [1.165, 1.54) is 10.6 Å². The monoisotopic (exact) mass is 294 g/mol. The van der Waals surface area contributed by atoms with Crippen LogP contribution in [0.25, 0.3) is 10.6 Å². The highest BCUT2D eigenvalue weighted by atomic mass is 35.5. The zero-order valence-electron chi connectivity index (χ0n) is 11.4. The topological polar surface area (TPSA) is 24.9 Å². The molecule has 0 spiro atoms. The third-order valence-corrected chi connectivity index (χ3v) is 4.39. The number of thiazole rings is 1. The van der Waals surface area contributed by atoms with Gasteiger partial charge in [-0.3, -0.25) is 0 Å². The van der Waals surface area contributed by atoms with Crippen LogP contribution in [0.15, 0.2) is 24.3 Å². The van der Waals surface area contributed by atoms with Crippen LogP contribution >= 0.6 is 22.9 Å². The predicted octanol–water partition coefficient (Wildman–Crippen LogP) is 4.53. The summed E-state index contributed by atoms with van der Waals surface area (Å²) in [7, 11) is 0. The Morgan fingerprint density at radius 1 is 1.26 bits per heavy atom. The Morgan fingerprint density at radius 2 is 2.05 bits per heavy atom. The van der Waals surface area contributed by atoms with Crippen LogP contribution < -0.4 is 5.32 Å². The molecule has 19 heavy (non-hydrogen) atoms. The molecule has 1 aromatic heterocycles. The maximum atomic E-state index is 6.24. The first-order valence-electron chi connectivity index (χ1n) is 6.70. The number of nitrogens with zero attached hydrogens (tertiary/aromatic N) is 1. The molecule has 0 amide bonds. The summed E-state index contributed by atoms with van der Waals surface area (Å²) in [6.45, 7) is 6.27. The van der Waals surface area contributed by atoms with E-state index in [2.05, 4.69) is 19.2 Å². The predicted molar refractivity (Wildman–Crippen MR) is 83.9 cm³/mol. The Balaban J connectivity index is 2.25. The van der Waals surface area contributed by atoms with Gasteiger partial charge in [-0.2, -0.15) is 0 Å². The van der Waals surface area contributed by atoms with Crippen LogP contribution in [0.5, 0.6) is 0 Å². The quantitative estimate of drug-likeness (QED) is 0.792. The van der Waals surface area contributed by atoms with E-state index in [-0.39, 0.29) is 0 Å². The molecule has 4 heteroatoms. The molecule has 102 valence electrons. The number of rotatable bonds is 6. The van der Waals surface area contributed by atoms with Gasteiger partial charge in [-0.15, -0.1) is 11.3 Å². The minimum absolute atomic E-state index is 0.770. The number of halogens is 1. The van der Waals surface area contributed by atoms with E-state index in [9.17, 15) is 0 Å². The van der Waals surface area contributed by atoms with Crippen LogP contribution in [0.2, 0.25) is 5.02 Å². The fourth-order valence-electron chi connectivity index (χ4n) is 1.93. The number of hydrogen-bond donors (Lipinski definition) is 1. The summed E-state index contributed by atoms with van der Waals surface area (Å²) in [5, 5.41) is 5.24. The standard InChI is InChI=1S/C15H19ClN2S/c1-3-9-17-10-14-13(4-2)18-15(19-14)11-7-5-6-8-12(11)16/h5-8,17H,3-4,9-10H2,1-2H3. The molecular formula is C15H19ClN2S. The third-order valence-electron chi connectivity index (χ3n) is 2.93. The van der Waals surface area contributed by atoms with Crippen molar-refractivity contribution in [3.8, 4) is 10.6 Å². The lowest BCUT2D eigenvalue weighted by molar-refractivity contribution is 0.677. The molecule has 2 nitrogen and oxygen atoms in total. The Hall–Kier alpha value is -0.900. The lowest BCUT2D eigenvalue weighted by atomic mass is 10.2. The van der Waals surface area contributed by atoms with Gasteiger partial charge in [0.15, 0.2) is 0 Å². The second kappa shape index (κ2) is 7.04. The average Bonchev–Trinajstić information content (AvgIpc) is 2.83. The molecule has 1 heterocycles. The minimum Gasteiger partial charge on any atom is -0.312 e. The van der Waals surface area contributed by atoms with Crippen molar-refractivity contribution in [2.75, 3.05) is 6.54 Å². The van der Waals surface area contributed by atoms with Crippen LogP contribution in [0, 0.1) is 0 Å². The van der Waals surface area contributed by atoms with Gasteiger partial charge < -0.3 is 5.32 Å². The fraction of sp³-hybridized carbons (Fsp3) is 0.400. The molecule has 0 atom stereocenters. The first-order chi connectivity index (χ1) is 9.26. The van der Waals surface area contributed by atoms with Crippen molar-refractivity contribution in [2.45, 2.75) is 33.2 Å². The molecule has 0 saturated carbocycles. The van der Waals surface area contributed by atoms with Gasteiger partial charge in [0, 0.05) is 17.0 Å². The van der Waals surface area contributed by atoms with Gasteiger partial charge in [-0.05, 0) is 25.5 Å². The molecule has 0 radical (unpaired) electrons. The summed E-state index contributed by atoms with van der Waals surface area (Å²) < 4.78 is 0. The molecule has 0 aliphatic heterocycles. The number of hydrogen-bond acceptors (Lipinski definition) is 3. The van der Waals surface area contributed by atoms with Crippen LogP contribution in [0.1, 0.15) is 30.8 Å². The summed E-state index contributed by atoms with van der Waals surface area (Å²) in [5.41, 5.74) is 2.22. The van der Waals surface area contributed by atoms with Crippen molar-refractivity contribution < 1.29 is 0 Å². The van der Waals surface area contributed by atoms with Gasteiger partial charge in [0.25, 0.3) is 0 Å². The number of aromatic nitrogens is 1. The SMILES string of the molecule is CCCNCc1sc(-c2ccccc2Cl)nc1CC. The molecule has 0 aliphatic carbocycles. The molecule has 0 aliphatic rings. The van der Waals surface area contributed by atoms with Crippen molar-refractivity contribution in [3.05, 3.63) is 39.9 Å². The first kappa shape index (κ1) is 14.5. The van der Waals surface area contributed by atoms with Gasteiger partial charge >= 0.3 is 0 Å². The normalized spacial score (nSPS) is 10.9. The Bertz CT molecular complexity index is 537. The van der Waals surface area contributed by atoms with Crippen molar-refractivity contribution in [3.63, 3.8) is 0 Å². The molecule has 0 saturated heterocycles. The first-order valence-corrected chi connectivity index (χ1v) is 7.89. The van der Waals surface area contributed by atoms with E-state index in [4.69, 9.17) is 16.6 Å². The maximum absolute atomic E-state index is 6.24. The largest absolute Gasteiger partial charge is 0.312 e. The van der Waals surface area contributed by atoms with E-state index in [1.807, 2.05) is 24.3 Å². The lowest BCUT2D eigenvalue weighted by Crippen LogP contribution is -2.13. The van der Waals surface area contributed by atoms with Crippen LogP contribution in [0.4, 0.5) is 0 Å². The smallest absolute Gasteiger partial charge is 0.125 e. The summed E-state index contributed by atoms with van der Waals surface area (Å²) in [4.78, 5) is 6.06. The molecule has 2 rings (SSSR count). The molecule has 0 unspecified atom stereocenters. The fourth-order valence-corrected chi connectivity index (χ4v) is 3.37. The summed E-state index contributed by atoms with van der Waals surface area (Å²) in [6, 6.07) is 7.90. The van der Waals surface area contributed by atoms with Gasteiger partial charge in [0.05, 0.1) is 10.7 Å². The highest BCUT2D eigenvalue weighted by molar-refractivity contribution is 7.15. The molecule has 0 bridgehead atoms. The van der Waals surface area contributed by atoms with Crippen molar-refractivity contribution in [2.24, 2.45) is 0 Å². The maximum Gasteiger partial charge on any atom is 0.125 e. The van der Waals surface area contributed by atoms with Crippen LogP contribution in [0.3, 0.4) is 0 Å². The molecule has 0 fully saturated rings. The summed E-state index contributed by atoms with van der Waals surface area (Å²) >= 11 is 7.99. The number of nitrogens with one attached hydrogen (secondary N) is 1. The Morgan fingerprint density at radius 3 is 2.74 bits per heavy atom. The molecular weight excluding hydrogens is 276 g/mol. The van der Waals surface area contributed by atoms with Gasteiger partial charge in [0.1, 0.15) is 5.01 Å². The highest BCUT2D eigenvalue weighted by Gasteiger charge is 2.12. The number of aryl methyl sites for hydroxylation is 1. The van der Waals surface area contributed by atoms with Crippen molar-refractivity contribution in [1.82, 2.24) is 10.3 Å².